The highest BCUT2D eigenvalue weighted by molar-refractivity contribution is 8.25. The third-order valence-corrected chi connectivity index (χ3v) is 5.26. The number of pyridine rings is 1. The van der Waals surface area contributed by atoms with Crippen molar-refractivity contribution in [3.05, 3.63) is 29.6 Å². The van der Waals surface area contributed by atoms with E-state index < -0.39 is 9.39 Å². The highest BCUT2D eigenvalue weighted by Gasteiger charge is 2.20. The van der Waals surface area contributed by atoms with Gasteiger partial charge in [0.15, 0.2) is 0 Å². The summed E-state index contributed by atoms with van der Waals surface area (Å²) in [7, 11) is -1.01. The molecule has 1 fully saturated rings. The maximum absolute atomic E-state index is 4.28. The summed E-state index contributed by atoms with van der Waals surface area (Å²) in [5.41, 5.74) is 2.64. The van der Waals surface area contributed by atoms with Crippen molar-refractivity contribution in [2.45, 2.75) is 47.0 Å². The van der Waals surface area contributed by atoms with E-state index in [1.54, 1.807) is 0 Å². The standard InChI is InChI=1S/C15H24N2S.C4H10/c1-13-9-15(12-16-11-13)10-14-5-7-17(8-6-14)18(2,3)4;1-4(2)3/h9,11-12,14H,2-3,5-8,10H2,1,4H3;4H,1-3H3. The van der Waals surface area contributed by atoms with Gasteiger partial charge in [-0.3, -0.25) is 9.29 Å². The van der Waals surface area contributed by atoms with E-state index >= 15 is 0 Å². The van der Waals surface area contributed by atoms with E-state index in [0.717, 1.165) is 24.9 Å². The molecule has 0 radical (unpaired) electrons. The number of nitrogens with zero attached hydrogens (tertiary/aromatic N) is 2. The zero-order chi connectivity index (χ0) is 16.8. The minimum atomic E-state index is -1.01. The van der Waals surface area contributed by atoms with Gasteiger partial charge in [0.1, 0.15) is 0 Å². The van der Waals surface area contributed by atoms with E-state index in [1.165, 1.54) is 30.4 Å². The molecule has 0 saturated carbocycles. The Kier molecular flexibility index (Phi) is 7.64. The molecule has 1 aromatic heterocycles. The number of hydrogen-bond donors (Lipinski definition) is 0. The molecule has 0 aliphatic carbocycles. The Morgan fingerprint density at radius 1 is 1.23 bits per heavy atom. The van der Waals surface area contributed by atoms with Crippen LogP contribution in [-0.2, 0) is 6.42 Å². The number of hydrogen-bond acceptors (Lipinski definition) is 2. The van der Waals surface area contributed by atoms with E-state index in [4.69, 9.17) is 0 Å². The van der Waals surface area contributed by atoms with Crippen molar-refractivity contribution in [3.8, 4) is 0 Å². The molecular formula is C19H34N2S. The first kappa shape index (κ1) is 19.2. The zero-order valence-corrected chi connectivity index (χ0v) is 16.0. The van der Waals surface area contributed by atoms with Crippen LogP contribution < -0.4 is 0 Å². The first-order valence-electron chi connectivity index (χ1n) is 8.28. The number of aromatic nitrogens is 1. The maximum atomic E-state index is 4.28. The van der Waals surface area contributed by atoms with E-state index in [0.29, 0.717) is 0 Å². The summed E-state index contributed by atoms with van der Waals surface area (Å²) in [6.45, 7) is 10.9. The van der Waals surface area contributed by atoms with E-state index in [2.05, 4.69) is 61.0 Å². The smallest absolute Gasteiger partial charge is 0.0300 e. The van der Waals surface area contributed by atoms with Crippen LogP contribution in [0, 0.1) is 18.8 Å². The summed E-state index contributed by atoms with van der Waals surface area (Å²) >= 11 is 0. The molecule has 0 aromatic carbocycles. The molecule has 22 heavy (non-hydrogen) atoms. The molecule has 0 amide bonds. The first-order valence-corrected chi connectivity index (χ1v) is 10.6. The summed E-state index contributed by atoms with van der Waals surface area (Å²) in [5, 5.41) is 0. The summed E-state index contributed by atoms with van der Waals surface area (Å²) < 4.78 is 2.47. The quantitative estimate of drug-likeness (QED) is 0.761. The van der Waals surface area contributed by atoms with Gasteiger partial charge in [-0.05, 0) is 55.4 Å². The van der Waals surface area contributed by atoms with Gasteiger partial charge in [-0.1, -0.05) is 38.6 Å². The van der Waals surface area contributed by atoms with Gasteiger partial charge < -0.3 is 0 Å². The molecule has 1 aromatic rings. The van der Waals surface area contributed by atoms with Gasteiger partial charge in [0.05, 0.1) is 0 Å². The highest BCUT2D eigenvalue weighted by atomic mass is 32.2. The topological polar surface area (TPSA) is 16.1 Å². The molecule has 1 aliphatic heterocycles. The fraction of sp³-hybridized carbons (Fsp3) is 0.632. The van der Waals surface area contributed by atoms with Gasteiger partial charge in [0.25, 0.3) is 0 Å². The van der Waals surface area contributed by atoms with Crippen molar-refractivity contribution in [1.29, 1.82) is 0 Å². The summed E-state index contributed by atoms with van der Waals surface area (Å²) in [6.07, 6.45) is 9.81. The predicted molar refractivity (Wildman–Crippen MR) is 105 cm³/mol. The Hall–Kier alpha value is -0.800. The normalized spacial score (nSPS) is 17.2. The third kappa shape index (κ3) is 7.46. The van der Waals surface area contributed by atoms with Gasteiger partial charge in [0.2, 0.25) is 0 Å². The van der Waals surface area contributed by atoms with Crippen LogP contribution in [0.5, 0.6) is 0 Å². The lowest BCUT2D eigenvalue weighted by atomic mass is 9.91. The van der Waals surface area contributed by atoms with Gasteiger partial charge in [-0.15, -0.1) is 0 Å². The Morgan fingerprint density at radius 3 is 2.23 bits per heavy atom. The third-order valence-electron chi connectivity index (χ3n) is 3.65. The molecule has 1 aliphatic rings. The lowest BCUT2D eigenvalue weighted by Gasteiger charge is -2.35. The molecule has 126 valence electrons. The van der Waals surface area contributed by atoms with Crippen molar-refractivity contribution in [3.63, 3.8) is 0 Å². The average molecular weight is 323 g/mol. The van der Waals surface area contributed by atoms with E-state index in [-0.39, 0.29) is 0 Å². The van der Waals surface area contributed by atoms with E-state index in [1.807, 2.05) is 12.4 Å². The van der Waals surface area contributed by atoms with Crippen LogP contribution in [-0.4, -0.2) is 40.4 Å². The maximum Gasteiger partial charge on any atom is 0.0300 e. The predicted octanol–water partition coefficient (Wildman–Crippen LogP) is 4.52. The van der Waals surface area contributed by atoms with Crippen LogP contribution in [0.25, 0.3) is 0 Å². The molecular weight excluding hydrogens is 288 g/mol. The van der Waals surface area contributed by atoms with Crippen LogP contribution in [0.2, 0.25) is 0 Å². The fourth-order valence-electron chi connectivity index (χ4n) is 2.62. The lowest BCUT2D eigenvalue weighted by Crippen LogP contribution is -2.31. The zero-order valence-electron chi connectivity index (χ0n) is 15.1. The Morgan fingerprint density at radius 2 is 1.77 bits per heavy atom. The van der Waals surface area contributed by atoms with Crippen LogP contribution in [0.15, 0.2) is 18.5 Å². The molecule has 0 N–H and O–H groups in total. The second-order valence-corrected chi connectivity index (χ2v) is 10.4. The van der Waals surface area contributed by atoms with Crippen molar-refractivity contribution in [1.82, 2.24) is 9.29 Å². The second-order valence-electron chi connectivity index (χ2n) is 7.40. The fourth-order valence-corrected chi connectivity index (χ4v) is 3.71. The Bertz CT molecular complexity index is 536. The summed E-state index contributed by atoms with van der Waals surface area (Å²) in [4.78, 5) is 4.28. The summed E-state index contributed by atoms with van der Waals surface area (Å²) in [5.74, 6) is 10.0. The SMILES string of the molecule is C=S(=C)(C)N1CCC(Cc2cncc(C)c2)CC1.CC(C)C. The van der Waals surface area contributed by atoms with E-state index in [9.17, 15) is 0 Å². The molecule has 1 saturated heterocycles. The van der Waals surface area contributed by atoms with Crippen molar-refractivity contribution >= 4 is 21.1 Å². The molecule has 2 heterocycles. The largest absolute Gasteiger partial charge is 0.264 e. The van der Waals surface area contributed by atoms with Crippen molar-refractivity contribution in [2.24, 2.45) is 11.8 Å². The number of rotatable bonds is 3. The van der Waals surface area contributed by atoms with Crippen LogP contribution in [0.3, 0.4) is 0 Å². The molecule has 0 atom stereocenters. The molecule has 3 heteroatoms. The molecule has 0 bridgehead atoms. The van der Waals surface area contributed by atoms with Crippen molar-refractivity contribution < 1.29 is 0 Å². The van der Waals surface area contributed by atoms with Gasteiger partial charge in [-0.2, -0.15) is 9.39 Å². The first-order chi connectivity index (χ1) is 10.2. The van der Waals surface area contributed by atoms with Crippen molar-refractivity contribution in [2.75, 3.05) is 19.3 Å². The lowest BCUT2D eigenvalue weighted by molar-refractivity contribution is 0.289. The van der Waals surface area contributed by atoms with Crippen LogP contribution >= 0.6 is 9.39 Å². The highest BCUT2D eigenvalue weighted by Crippen LogP contribution is 2.29. The number of piperidine rings is 1. The second kappa shape index (κ2) is 8.73. The Balaban J connectivity index is 0.000000541. The number of aryl methyl sites for hydroxylation is 1. The van der Waals surface area contributed by atoms with Gasteiger partial charge >= 0.3 is 0 Å². The minimum Gasteiger partial charge on any atom is -0.264 e. The average Bonchev–Trinajstić information content (AvgIpc) is 2.37. The molecule has 0 unspecified atom stereocenters. The van der Waals surface area contributed by atoms with Crippen LogP contribution in [0.1, 0.15) is 44.7 Å². The minimum absolute atomic E-state index is 0.798. The molecule has 2 nitrogen and oxygen atoms in total. The van der Waals surface area contributed by atoms with Crippen LogP contribution in [0.4, 0.5) is 0 Å². The summed E-state index contributed by atoms with van der Waals surface area (Å²) in [6, 6.07) is 2.26. The van der Waals surface area contributed by atoms with Gasteiger partial charge in [-0.25, -0.2) is 0 Å². The molecule has 2 rings (SSSR count). The monoisotopic (exact) mass is 322 g/mol. The Labute approximate surface area is 138 Å². The molecule has 0 spiro atoms. The van der Waals surface area contributed by atoms with Gasteiger partial charge in [0, 0.05) is 25.5 Å².